The fraction of sp³-hybridized carbons (Fsp3) is 0.300. The summed E-state index contributed by atoms with van der Waals surface area (Å²) in [4.78, 5) is 28.7. The number of amides is 1. The van der Waals surface area contributed by atoms with Crippen LogP contribution in [0.2, 0.25) is 0 Å². The number of nitrogens with zero attached hydrogens (tertiary/aromatic N) is 1. The third kappa shape index (κ3) is 2.65. The first-order chi connectivity index (χ1) is 12.2. The average Bonchev–Trinajstić information content (AvgIpc) is 2.67. The lowest BCUT2D eigenvalue weighted by Gasteiger charge is -2.45. The lowest BCUT2D eigenvalue weighted by molar-refractivity contribution is -0.128. The summed E-state index contributed by atoms with van der Waals surface area (Å²) in [5.74, 6) is -0.375. The van der Waals surface area contributed by atoms with Gasteiger partial charge in [-0.05, 0) is 17.7 Å². The molecule has 0 bridgehead atoms. The lowest BCUT2D eigenvalue weighted by Crippen LogP contribution is -2.67. The van der Waals surface area contributed by atoms with E-state index in [-0.39, 0.29) is 11.7 Å². The van der Waals surface area contributed by atoms with Crippen molar-refractivity contribution in [2.24, 2.45) is 0 Å². The Kier molecular flexibility index (Phi) is 4.11. The molecular formula is C20H20N2O3. The average molecular weight is 336 g/mol. The molecule has 2 aromatic carbocycles. The predicted molar refractivity (Wildman–Crippen MR) is 94.7 cm³/mol. The molecule has 25 heavy (non-hydrogen) atoms. The summed E-state index contributed by atoms with van der Waals surface area (Å²) >= 11 is 0. The van der Waals surface area contributed by atoms with Gasteiger partial charge in [-0.15, -0.1) is 0 Å². The highest BCUT2D eigenvalue weighted by Crippen LogP contribution is 2.35. The number of carbonyl (C=O) groups excluding carboxylic acids is 2. The Morgan fingerprint density at radius 1 is 0.960 bits per heavy atom. The van der Waals surface area contributed by atoms with Gasteiger partial charge >= 0.3 is 0 Å². The van der Waals surface area contributed by atoms with E-state index >= 15 is 0 Å². The van der Waals surface area contributed by atoms with Crippen LogP contribution in [0.3, 0.4) is 0 Å². The van der Waals surface area contributed by atoms with Crippen LogP contribution in [0.4, 0.5) is 5.69 Å². The van der Waals surface area contributed by atoms with E-state index in [0.717, 1.165) is 5.56 Å². The van der Waals surface area contributed by atoms with Crippen molar-refractivity contribution in [2.45, 2.75) is 12.0 Å². The molecule has 0 spiro atoms. The monoisotopic (exact) mass is 336 g/mol. The molecule has 1 fully saturated rings. The van der Waals surface area contributed by atoms with Gasteiger partial charge in [0.2, 0.25) is 0 Å². The van der Waals surface area contributed by atoms with E-state index in [2.05, 4.69) is 5.32 Å². The molecule has 2 aliphatic rings. The third-order valence-corrected chi connectivity index (χ3v) is 5.02. The topological polar surface area (TPSA) is 58.6 Å². The molecule has 1 saturated heterocycles. The highest BCUT2D eigenvalue weighted by Gasteiger charge is 2.54. The standard InChI is InChI=1S/C20H20N2O3/c23-18-16-8-4-5-9-17(16)21-19(24)20(18,22-10-12-25-13-11-22)14-15-6-2-1-3-7-15/h1-9H,10-14H2,(H,21,24). The summed E-state index contributed by atoms with van der Waals surface area (Å²) in [6.07, 6.45) is 0.354. The van der Waals surface area contributed by atoms with Gasteiger partial charge in [-0.1, -0.05) is 42.5 Å². The molecule has 0 saturated carbocycles. The summed E-state index contributed by atoms with van der Waals surface area (Å²) in [6, 6.07) is 16.9. The highest BCUT2D eigenvalue weighted by molar-refractivity contribution is 6.27. The number of fused-ring (bicyclic) bond motifs is 1. The minimum atomic E-state index is -1.22. The number of hydrogen-bond acceptors (Lipinski definition) is 4. The van der Waals surface area contributed by atoms with Gasteiger partial charge in [0, 0.05) is 25.1 Å². The fourth-order valence-electron chi connectivity index (χ4n) is 3.74. The number of anilines is 1. The van der Waals surface area contributed by atoms with Crippen LogP contribution < -0.4 is 5.32 Å². The number of carbonyl (C=O) groups is 2. The van der Waals surface area contributed by atoms with Crippen molar-refractivity contribution < 1.29 is 14.3 Å². The van der Waals surface area contributed by atoms with Gasteiger partial charge in [0.25, 0.3) is 5.91 Å². The molecule has 1 unspecified atom stereocenters. The molecule has 4 rings (SSSR count). The Hall–Kier alpha value is -2.50. The molecule has 5 heteroatoms. The normalized spacial score (nSPS) is 23.8. The molecule has 2 heterocycles. The Balaban J connectivity index is 1.82. The number of benzene rings is 2. The van der Waals surface area contributed by atoms with Crippen LogP contribution in [-0.4, -0.2) is 48.4 Å². The van der Waals surface area contributed by atoms with Gasteiger partial charge in [0.05, 0.1) is 18.9 Å². The summed E-state index contributed by atoms with van der Waals surface area (Å²) in [6.45, 7) is 2.18. The summed E-state index contributed by atoms with van der Waals surface area (Å²) in [7, 11) is 0. The number of ketones is 1. The van der Waals surface area contributed by atoms with Gasteiger partial charge in [-0.2, -0.15) is 0 Å². The third-order valence-electron chi connectivity index (χ3n) is 5.02. The first-order valence-corrected chi connectivity index (χ1v) is 8.54. The summed E-state index contributed by atoms with van der Waals surface area (Å²) < 4.78 is 5.44. The zero-order chi connectivity index (χ0) is 17.3. The molecule has 2 aromatic rings. The number of Topliss-reactive ketones (excluding diaryl/α,β-unsaturated/α-hetero) is 1. The van der Waals surface area contributed by atoms with Crippen LogP contribution in [0.15, 0.2) is 54.6 Å². The van der Waals surface area contributed by atoms with Gasteiger partial charge in [0.15, 0.2) is 11.3 Å². The van der Waals surface area contributed by atoms with E-state index in [1.807, 2.05) is 47.4 Å². The Morgan fingerprint density at radius 2 is 1.64 bits per heavy atom. The van der Waals surface area contributed by atoms with E-state index in [0.29, 0.717) is 44.0 Å². The number of ether oxygens (including phenoxy) is 1. The van der Waals surface area contributed by atoms with Gasteiger partial charge < -0.3 is 10.1 Å². The first kappa shape index (κ1) is 16.0. The lowest BCUT2D eigenvalue weighted by atomic mass is 9.78. The fourth-order valence-corrected chi connectivity index (χ4v) is 3.74. The summed E-state index contributed by atoms with van der Waals surface area (Å²) in [5.41, 5.74) is 0.912. The number of para-hydroxylation sites is 1. The second kappa shape index (κ2) is 6.43. The molecule has 2 aliphatic heterocycles. The van der Waals surface area contributed by atoms with Gasteiger partial charge in [-0.25, -0.2) is 0 Å². The van der Waals surface area contributed by atoms with Crippen molar-refractivity contribution in [2.75, 3.05) is 31.6 Å². The highest BCUT2D eigenvalue weighted by atomic mass is 16.5. The number of hydrogen-bond donors (Lipinski definition) is 1. The maximum Gasteiger partial charge on any atom is 0.253 e. The largest absolute Gasteiger partial charge is 0.379 e. The van der Waals surface area contributed by atoms with Crippen molar-refractivity contribution in [3.63, 3.8) is 0 Å². The smallest absolute Gasteiger partial charge is 0.253 e. The van der Waals surface area contributed by atoms with Crippen LogP contribution in [0.1, 0.15) is 15.9 Å². The van der Waals surface area contributed by atoms with Crippen LogP contribution in [0.25, 0.3) is 0 Å². The maximum absolute atomic E-state index is 13.5. The van der Waals surface area contributed by atoms with E-state index in [9.17, 15) is 9.59 Å². The quantitative estimate of drug-likeness (QED) is 0.873. The molecule has 5 nitrogen and oxygen atoms in total. The van der Waals surface area contributed by atoms with Crippen molar-refractivity contribution in [3.05, 3.63) is 65.7 Å². The van der Waals surface area contributed by atoms with E-state index in [1.165, 1.54) is 0 Å². The minimum Gasteiger partial charge on any atom is -0.379 e. The molecule has 0 radical (unpaired) electrons. The van der Waals surface area contributed by atoms with Crippen molar-refractivity contribution >= 4 is 17.4 Å². The van der Waals surface area contributed by atoms with Gasteiger partial charge in [-0.3, -0.25) is 14.5 Å². The Labute approximate surface area is 146 Å². The van der Waals surface area contributed by atoms with E-state index < -0.39 is 5.54 Å². The van der Waals surface area contributed by atoms with E-state index in [4.69, 9.17) is 4.74 Å². The van der Waals surface area contributed by atoms with Crippen molar-refractivity contribution in [1.29, 1.82) is 0 Å². The Morgan fingerprint density at radius 3 is 2.40 bits per heavy atom. The SMILES string of the molecule is O=C1Nc2ccccc2C(=O)C1(Cc1ccccc1)N1CCOCC1. The first-order valence-electron chi connectivity index (χ1n) is 8.54. The van der Waals surface area contributed by atoms with Gasteiger partial charge in [0.1, 0.15) is 0 Å². The number of rotatable bonds is 3. The Bertz CT molecular complexity index is 800. The van der Waals surface area contributed by atoms with Crippen LogP contribution in [-0.2, 0) is 16.0 Å². The van der Waals surface area contributed by atoms with E-state index in [1.54, 1.807) is 12.1 Å². The molecule has 1 amide bonds. The predicted octanol–water partition coefficient (Wildman–Crippen LogP) is 2.14. The van der Waals surface area contributed by atoms with Crippen LogP contribution in [0, 0.1) is 0 Å². The van der Waals surface area contributed by atoms with Crippen LogP contribution in [0.5, 0.6) is 0 Å². The summed E-state index contributed by atoms with van der Waals surface area (Å²) in [5, 5.41) is 2.96. The molecule has 0 aliphatic carbocycles. The second-order valence-corrected chi connectivity index (χ2v) is 6.45. The van der Waals surface area contributed by atoms with Crippen molar-refractivity contribution in [1.82, 2.24) is 4.90 Å². The van der Waals surface area contributed by atoms with Crippen molar-refractivity contribution in [3.8, 4) is 0 Å². The second-order valence-electron chi connectivity index (χ2n) is 6.45. The molecule has 1 N–H and O–H groups in total. The molecule has 128 valence electrons. The maximum atomic E-state index is 13.5. The zero-order valence-corrected chi connectivity index (χ0v) is 13.9. The minimum absolute atomic E-state index is 0.127. The number of nitrogens with one attached hydrogen (secondary N) is 1. The van der Waals surface area contributed by atoms with Crippen LogP contribution >= 0.6 is 0 Å². The number of morpholine rings is 1. The molecular weight excluding hydrogens is 316 g/mol. The molecule has 1 atom stereocenters. The zero-order valence-electron chi connectivity index (χ0n) is 13.9. The molecule has 0 aromatic heterocycles.